The number of aryl methyl sites for hydroxylation is 1. The number of aromatic nitrogens is 1. The van der Waals surface area contributed by atoms with Gasteiger partial charge in [-0.25, -0.2) is 4.79 Å². The molecule has 1 aromatic heterocycles. The summed E-state index contributed by atoms with van der Waals surface area (Å²) in [5, 5.41) is 9.89. The molecule has 1 heterocycles. The molecule has 0 amide bonds. The molecule has 0 saturated carbocycles. The monoisotopic (exact) mass is 231 g/mol. The zero-order valence-electron chi connectivity index (χ0n) is 9.94. The van der Waals surface area contributed by atoms with E-state index in [0.29, 0.717) is 27.8 Å². The number of hydrogen-bond donors (Lipinski definition) is 1. The third kappa shape index (κ3) is 1.82. The SMILES string of the molecule is COc1ccc2nc(C)c(C)c(C(=O)O)c2c1. The van der Waals surface area contributed by atoms with E-state index in [0.717, 1.165) is 5.69 Å². The van der Waals surface area contributed by atoms with Gasteiger partial charge in [0, 0.05) is 11.1 Å². The summed E-state index contributed by atoms with van der Waals surface area (Å²) in [7, 11) is 1.55. The molecule has 0 aliphatic carbocycles. The maximum absolute atomic E-state index is 11.3. The summed E-state index contributed by atoms with van der Waals surface area (Å²) in [4.78, 5) is 15.7. The first-order valence-electron chi connectivity index (χ1n) is 5.23. The van der Waals surface area contributed by atoms with Crippen molar-refractivity contribution < 1.29 is 14.6 Å². The minimum atomic E-state index is -0.939. The lowest BCUT2D eigenvalue weighted by Crippen LogP contribution is -2.05. The number of methoxy groups -OCH3 is 1. The van der Waals surface area contributed by atoms with E-state index in [-0.39, 0.29) is 0 Å². The second-order valence-corrected chi connectivity index (χ2v) is 3.89. The van der Waals surface area contributed by atoms with E-state index in [2.05, 4.69) is 4.98 Å². The number of carboxylic acids is 1. The van der Waals surface area contributed by atoms with Crippen LogP contribution in [0, 0.1) is 13.8 Å². The van der Waals surface area contributed by atoms with E-state index >= 15 is 0 Å². The molecule has 0 unspecified atom stereocenters. The molecule has 0 saturated heterocycles. The predicted molar refractivity (Wildman–Crippen MR) is 64.7 cm³/mol. The summed E-state index contributed by atoms with van der Waals surface area (Å²) in [5.74, 6) is -0.309. The Kier molecular flexibility index (Phi) is 2.71. The highest BCUT2D eigenvalue weighted by molar-refractivity contribution is 6.04. The van der Waals surface area contributed by atoms with Gasteiger partial charge in [-0.1, -0.05) is 0 Å². The van der Waals surface area contributed by atoms with E-state index in [1.807, 2.05) is 6.92 Å². The quantitative estimate of drug-likeness (QED) is 0.862. The molecule has 0 aliphatic rings. The van der Waals surface area contributed by atoms with Crippen molar-refractivity contribution in [1.29, 1.82) is 0 Å². The van der Waals surface area contributed by atoms with Crippen molar-refractivity contribution in [2.24, 2.45) is 0 Å². The minimum absolute atomic E-state index is 0.298. The van der Waals surface area contributed by atoms with E-state index in [9.17, 15) is 9.90 Å². The zero-order chi connectivity index (χ0) is 12.6. The highest BCUT2D eigenvalue weighted by Crippen LogP contribution is 2.26. The van der Waals surface area contributed by atoms with Crippen LogP contribution in [0.5, 0.6) is 5.75 Å². The summed E-state index contributed by atoms with van der Waals surface area (Å²) < 4.78 is 5.11. The Morgan fingerprint density at radius 1 is 1.35 bits per heavy atom. The largest absolute Gasteiger partial charge is 0.497 e. The van der Waals surface area contributed by atoms with Gasteiger partial charge >= 0.3 is 5.97 Å². The summed E-state index contributed by atoms with van der Waals surface area (Å²) in [5.41, 5.74) is 2.40. The maximum atomic E-state index is 11.3. The Morgan fingerprint density at radius 2 is 2.06 bits per heavy atom. The lowest BCUT2D eigenvalue weighted by molar-refractivity contribution is 0.0698. The minimum Gasteiger partial charge on any atom is -0.497 e. The van der Waals surface area contributed by atoms with Crippen LogP contribution in [-0.2, 0) is 0 Å². The lowest BCUT2D eigenvalue weighted by atomic mass is 10.0. The fourth-order valence-corrected chi connectivity index (χ4v) is 1.86. The molecule has 0 atom stereocenters. The van der Waals surface area contributed by atoms with Crippen molar-refractivity contribution in [2.45, 2.75) is 13.8 Å². The molecule has 4 nitrogen and oxygen atoms in total. The number of carbonyl (C=O) groups is 1. The molecule has 88 valence electrons. The highest BCUT2D eigenvalue weighted by atomic mass is 16.5. The van der Waals surface area contributed by atoms with Crippen LogP contribution in [0.1, 0.15) is 21.6 Å². The number of hydrogen-bond acceptors (Lipinski definition) is 3. The highest BCUT2D eigenvalue weighted by Gasteiger charge is 2.15. The van der Waals surface area contributed by atoms with Crippen molar-refractivity contribution in [3.8, 4) is 5.75 Å². The van der Waals surface area contributed by atoms with E-state index in [4.69, 9.17) is 4.74 Å². The van der Waals surface area contributed by atoms with Gasteiger partial charge in [0.25, 0.3) is 0 Å². The molecule has 2 aromatic rings. The Labute approximate surface area is 98.9 Å². The number of nitrogens with zero attached hydrogens (tertiary/aromatic N) is 1. The first-order chi connectivity index (χ1) is 8.04. The molecule has 0 bridgehead atoms. The van der Waals surface area contributed by atoms with Crippen molar-refractivity contribution in [1.82, 2.24) is 4.98 Å². The Balaban J connectivity index is 2.89. The van der Waals surface area contributed by atoms with Gasteiger partial charge in [0.15, 0.2) is 0 Å². The number of benzene rings is 1. The summed E-state index contributed by atoms with van der Waals surface area (Å²) in [6.07, 6.45) is 0. The molecule has 1 N–H and O–H groups in total. The Morgan fingerprint density at radius 3 is 2.65 bits per heavy atom. The molecule has 17 heavy (non-hydrogen) atoms. The van der Waals surface area contributed by atoms with Gasteiger partial charge < -0.3 is 9.84 Å². The standard InChI is InChI=1S/C13H13NO3/c1-7-8(2)14-11-5-4-9(17-3)6-10(11)12(7)13(15)16/h4-6H,1-3H3,(H,15,16). The second-order valence-electron chi connectivity index (χ2n) is 3.89. The second kappa shape index (κ2) is 4.05. The fraction of sp³-hybridized carbons (Fsp3) is 0.231. The molecule has 1 aromatic carbocycles. The first-order valence-corrected chi connectivity index (χ1v) is 5.23. The molecule has 0 radical (unpaired) electrons. The molecule has 0 aliphatic heterocycles. The third-order valence-electron chi connectivity index (χ3n) is 2.89. The number of ether oxygens (including phenoxy) is 1. The summed E-state index contributed by atoms with van der Waals surface area (Å²) in [6.45, 7) is 3.58. The van der Waals surface area contributed by atoms with Gasteiger partial charge in [-0.3, -0.25) is 4.98 Å². The predicted octanol–water partition coefficient (Wildman–Crippen LogP) is 2.56. The van der Waals surface area contributed by atoms with E-state index in [1.165, 1.54) is 0 Å². The van der Waals surface area contributed by atoms with Crippen molar-refractivity contribution in [2.75, 3.05) is 7.11 Å². The number of aromatic carboxylic acids is 1. The number of carboxylic acid groups (broad SMARTS) is 1. The van der Waals surface area contributed by atoms with Gasteiger partial charge in [-0.15, -0.1) is 0 Å². The van der Waals surface area contributed by atoms with Crippen LogP contribution >= 0.6 is 0 Å². The molecule has 0 fully saturated rings. The van der Waals surface area contributed by atoms with E-state index in [1.54, 1.807) is 32.2 Å². The van der Waals surface area contributed by atoms with Gasteiger partial charge in [-0.05, 0) is 37.6 Å². The summed E-state index contributed by atoms with van der Waals surface area (Å²) >= 11 is 0. The van der Waals surface area contributed by atoms with Gasteiger partial charge in [0.05, 0.1) is 18.2 Å². The smallest absolute Gasteiger partial charge is 0.336 e. The third-order valence-corrected chi connectivity index (χ3v) is 2.89. The summed E-state index contributed by atoms with van der Waals surface area (Å²) in [6, 6.07) is 5.25. The van der Waals surface area contributed by atoms with Crippen LogP contribution in [0.3, 0.4) is 0 Å². The van der Waals surface area contributed by atoms with Crippen molar-refractivity contribution >= 4 is 16.9 Å². The zero-order valence-corrected chi connectivity index (χ0v) is 9.94. The van der Waals surface area contributed by atoms with Crippen LogP contribution in [0.4, 0.5) is 0 Å². The number of pyridine rings is 1. The molecule has 4 heteroatoms. The molecule has 0 spiro atoms. The topological polar surface area (TPSA) is 59.4 Å². The van der Waals surface area contributed by atoms with Crippen LogP contribution in [-0.4, -0.2) is 23.2 Å². The van der Waals surface area contributed by atoms with Crippen LogP contribution in [0.25, 0.3) is 10.9 Å². The number of fused-ring (bicyclic) bond motifs is 1. The van der Waals surface area contributed by atoms with E-state index < -0.39 is 5.97 Å². The van der Waals surface area contributed by atoms with Crippen LogP contribution in [0.2, 0.25) is 0 Å². The average molecular weight is 231 g/mol. The first kappa shape index (κ1) is 11.4. The molecule has 2 rings (SSSR count). The fourth-order valence-electron chi connectivity index (χ4n) is 1.86. The van der Waals surface area contributed by atoms with Gasteiger partial charge in [0.1, 0.15) is 5.75 Å². The molecular formula is C13H13NO3. The molecular weight excluding hydrogens is 218 g/mol. The maximum Gasteiger partial charge on any atom is 0.336 e. The van der Waals surface area contributed by atoms with Crippen LogP contribution in [0.15, 0.2) is 18.2 Å². The van der Waals surface area contributed by atoms with Crippen LogP contribution < -0.4 is 4.74 Å². The Bertz CT molecular complexity index is 605. The van der Waals surface area contributed by atoms with Crippen molar-refractivity contribution in [3.05, 3.63) is 35.0 Å². The Hall–Kier alpha value is -2.10. The normalized spacial score (nSPS) is 10.5. The van der Waals surface area contributed by atoms with Gasteiger partial charge in [-0.2, -0.15) is 0 Å². The number of rotatable bonds is 2. The lowest BCUT2D eigenvalue weighted by Gasteiger charge is -2.10. The average Bonchev–Trinajstić information content (AvgIpc) is 2.29. The van der Waals surface area contributed by atoms with Crippen molar-refractivity contribution in [3.63, 3.8) is 0 Å². The van der Waals surface area contributed by atoms with Gasteiger partial charge in [0.2, 0.25) is 0 Å².